The fourth-order valence-corrected chi connectivity index (χ4v) is 4.14. The lowest BCUT2D eigenvalue weighted by molar-refractivity contribution is -0.384. The fraction of sp³-hybridized carbons (Fsp3) is 0.0800. The number of nitro groups is 1. The van der Waals surface area contributed by atoms with Gasteiger partial charge in [-0.3, -0.25) is 19.7 Å². The number of hydrogen-bond donors (Lipinski definition) is 0. The van der Waals surface area contributed by atoms with E-state index in [-0.39, 0.29) is 29.3 Å². The normalized spacial score (nSPS) is 12.6. The van der Waals surface area contributed by atoms with Gasteiger partial charge in [-0.15, -0.1) is 0 Å². The Morgan fingerprint density at radius 2 is 1.68 bits per heavy atom. The highest BCUT2D eigenvalue weighted by molar-refractivity contribution is 6.30. The number of rotatable bonds is 4. The van der Waals surface area contributed by atoms with Gasteiger partial charge in [-0.1, -0.05) is 41.9 Å². The number of amides is 1. The van der Waals surface area contributed by atoms with Gasteiger partial charge in [-0.2, -0.15) is 9.78 Å². The van der Waals surface area contributed by atoms with E-state index in [0.29, 0.717) is 34.1 Å². The van der Waals surface area contributed by atoms with Crippen LogP contribution < -0.4 is 5.56 Å². The molecule has 2 heterocycles. The van der Waals surface area contributed by atoms with Crippen molar-refractivity contribution >= 4 is 23.2 Å². The molecule has 0 aliphatic carbocycles. The van der Waals surface area contributed by atoms with Crippen LogP contribution in [-0.4, -0.2) is 25.5 Å². The summed E-state index contributed by atoms with van der Waals surface area (Å²) in [6, 6.07) is 21.6. The van der Waals surface area contributed by atoms with Gasteiger partial charge in [0.1, 0.15) is 0 Å². The molecule has 34 heavy (non-hydrogen) atoms. The molecule has 5 rings (SSSR count). The van der Waals surface area contributed by atoms with Crippen LogP contribution in [0.3, 0.4) is 0 Å². The Kier molecular flexibility index (Phi) is 5.43. The smallest absolute Gasteiger partial charge is 0.271 e. The summed E-state index contributed by atoms with van der Waals surface area (Å²) >= 11 is 5.97. The number of benzene rings is 3. The van der Waals surface area contributed by atoms with Crippen molar-refractivity contribution in [1.29, 1.82) is 0 Å². The molecule has 1 aliphatic heterocycles. The summed E-state index contributed by atoms with van der Waals surface area (Å²) in [7, 11) is 0. The predicted octanol–water partition coefficient (Wildman–Crippen LogP) is 4.62. The lowest BCUT2D eigenvalue weighted by Crippen LogP contribution is -2.30. The minimum Gasteiger partial charge on any atom is -0.330 e. The second-order valence-corrected chi connectivity index (χ2v) is 8.31. The third kappa shape index (κ3) is 3.95. The van der Waals surface area contributed by atoms with Gasteiger partial charge in [0.05, 0.1) is 16.3 Å². The maximum Gasteiger partial charge on any atom is 0.271 e. The molecule has 4 aromatic rings. The minimum absolute atomic E-state index is 0.134. The summed E-state index contributed by atoms with van der Waals surface area (Å²) in [4.78, 5) is 39.0. The van der Waals surface area contributed by atoms with E-state index in [4.69, 9.17) is 11.6 Å². The molecule has 0 saturated heterocycles. The van der Waals surface area contributed by atoms with Crippen molar-refractivity contribution in [3.05, 3.63) is 121 Å². The van der Waals surface area contributed by atoms with E-state index in [2.05, 4.69) is 5.10 Å². The Bertz CT molecular complexity index is 1480. The number of hydrogen-bond acceptors (Lipinski definition) is 5. The number of non-ortho nitro benzene ring substituents is 1. The van der Waals surface area contributed by atoms with Gasteiger partial charge in [-0.25, -0.2) is 0 Å². The van der Waals surface area contributed by atoms with Crippen LogP contribution in [0, 0.1) is 10.1 Å². The number of aromatic nitrogens is 2. The zero-order chi connectivity index (χ0) is 23.8. The zero-order valence-electron chi connectivity index (χ0n) is 17.7. The average molecular weight is 473 g/mol. The SMILES string of the molecule is O=C1c2ccc([N+](=O)[O-])cc2-c2nn(-c3ccc(Cl)cc3)c(=O)cc2CN1Cc1ccccc1. The molecule has 9 heteroatoms. The lowest BCUT2D eigenvalue weighted by Gasteiger charge is -2.21. The number of fused-ring (bicyclic) bond motifs is 3. The first kappa shape index (κ1) is 21.5. The van der Waals surface area contributed by atoms with E-state index >= 15 is 0 Å². The third-order valence-electron chi connectivity index (χ3n) is 5.65. The quantitative estimate of drug-likeness (QED) is 0.319. The maximum atomic E-state index is 13.5. The van der Waals surface area contributed by atoms with Gasteiger partial charge < -0.3 is 4.90 Å². The molecule has 1 aliphatic rings. The molecule has 3 aromatic carbocycles. The van der Waals surface area contributed by atoms with Gasteiger partial charge >= 0.3 is 0 Å². The molecule has 0 radical (unpaired) electrons. The van der Waals surface area contributed by atoms with Gasteiger partial charge in [0.25, 0.3) is 17.2 Å². The van der Waals surface area contributed by atoms with Crippen molar-refractivity contribution < 1.29 is 9.72 Å². The number of carbonyl (C=O) groups is 1. The largest absolute Gasteiger partial charge is 0.330 e. The predicted molar refractivity (Wildman–Crippen MR) is 127 cm³/mol. The molecule has 0 unspecified atom stereocenters. The highest BCUT2D eigenvalue weighted by Crippen LogP contribution is 2.34. The summed E-state index contributed by atoms with van der Waals surface area (Å²) in [5, 5.41) is 16.5. The van der Waals surface area contributed by atoms with Crippen molar-refractivity contribution in [2.24, 2.45) is 0 Å². The molecule has 0 spiro atoms. The lowest BCUT2D eigenvalue weighted by atomic mass is 10.0. The van der Waals surface area contributed by atoms with Gasteiger partial charge in [0, 0.05) is 53.0 Å². The maximum absolute atomic E-state index is 13.5. The molecule has 8 nitrogen and oxygen atoms in total. The van der Waals surface area contributed by atoms with E-state index in [9.17, 15) is 19.7 Å². The molecule has 0 atom stereocenters. The van der Waals surface area contributed by atoms with Crippen LogP contribution in [0.15, 0.2) is 83.7 Å². The molecular formula is C25H17ClN4O4. The van der Waals surface area contributed by atoms with Crippen LogP contribution in [0.5, 0.6) is 0 Å². The monoisotopic (exact) mass is 472 g/mol. The van der Waals surface area contributed by atoms with Crippen molar-refractivity contribution in [1.82, 2.24) is 14.7 Å². The van der Waals surface area contributed by atoms with Crippen LogP contribution in [0.1, 0.15) is 21.5 Å². The first-order valence-corrected chi connectivity index (χ1v) is 10.8. The van der Waals surface area contributed by atoms with Crippen molar-refractivity contribution in [2.75, 3.05) is 0 Å². The Morgan fingerprint density at radius 3 is 2.38 bits per heavy atom. The second kappa shape index (κ2) is 8.57. The summed E-state index contributed by atoms with van der Waals surface area (Å²) in [5.74, 6) is -0.294. The Balaban J connectivity index is 1.71. The molecule has 168 valence electrons. The first-order chi connectivity index (χ1) is 16.4. The van der Waals surface area contributed by atoms with E-state index in [0.717, 1.165) is 5.56 Å². The molecule has 0 saturated carbocycles. The fourth-order valence-electron chi connectivity index (χ4n) is 4.01. The number of nitro benzene ring substituents is 1. The van der Waals surface area contributed by atoms with E-state index in [1.165, 1.54) is 28.9 Å². The average Bonchev–Trinajstić information content (AvgIpc) is 2.94. The van der Waals surface area contributed by atoms with Gasteiger partial charge in [-0.05, 0) is 35.9 Å². The van der Waals surface area contributed by atoms with Crippen LogP contribution in [-0.2, 0) is 13.1 Å². The summed E-state index contributed by atoms with van der Waals surface area (Å²) in [6.07, 6.45) is 0. The summed E-state index contributed by atoms with van der Waals surface area (Å²) in [5.41, 5.74) is 2.31. The van der Waals surface area contributed by atoms with Crippen LogP contribution >= 0.6 is 11.6 Å². The standard InChI is InChI=1S/C25H17ClN4O4/c26-18-6-8-19(9-7-18)29-23(31)12-17-15-28(14-16-4-2-1-3-5-16)25(32)21-11-10-20(30(33)34)13-22(21)24(17)27-29/h1-13H,14-15H2. The topological polar surface area (TPSA) is 98.3 Å². The molecule has 1 amide bonds. The van der Waals surface area contributed by atoms with Gasteiger partial charge in [0.15, 0.2) is 0 Å². The molecule has 0 bridgehead atoms. The Hall–Kier alpha value is -4.30. The molecule has 1 aromatic heterocycles. The van der Waals surface area contributed by atoms with Crippen molar-refractivity contribution in [2.45, 2.75) is 13.1 Å². The Labute approximate surface area is 198 Å². The number of carbonyl (C=O) groups excluding carboxylic acids is 1. The first-order valence-electron chi connectivity index (χ1n) is 10.4. The van der Waals surface area contributed by atoms with Gasteiger partial charge in [0.2, 0.25) is 0 Å². The van der Waals surface area contributed by atoms with Crippen LogP contribution in [0.25, 0.3) is 16.9 Å². The summed E-state index contributed by atoms with van der Waals surface area (Å²) < 4.78 is 1.20. The third-order valence-corrected chi connectivity index (χ3v) is 5.90. The van der Waals surface area contributed by atoms with E-state index in [1.807, 2.05) is 30.3 Å². The van der Waals surface area contributed by atoms with Crippen LogP contribution in [0.2, 0.25) is 5.02 Å². The molecule has 0 fully saturated rings. The van der Waals surface area contributed by atoms with Crippen molar-refractivity contribution in [3.8, 4) is 16.9 Å². The minimum atomic E-state index is -0.522. The van der Waals surface area contributed by atoms with Crippen LogP contribution in [0.4, 0.5) is 5.69 Å². The molecule has 0 N–H and O–H groups in total. The Morgan fingerprint density at radius 1 is 0.941 bits per heavy atom. The number of nitrogens with zero attached hydrogens (tertiary/aromatic N) is 4. The van der Waals surface area contributed by atoms with Crippen molar-refractivity contribution in [3.63, 3.8) is 0 Å². The zero-order valence-corrected chi connectivity index (χ0v) is 18.5. The highest BCUT2D eigenvalue weighted by atomic mass is 35.5. The second-order valence-electron chi connectivity index (χ2n) is 7.88. The van der Waals surface area contributed by atoms with E-state index < -0.39 is 4.92 Å². The number of halogens is 1. The highest BCUT2D eigenvalue weighted by Gasteiger charge is 2.29. The summed E-state index contributed by atoms with van der Waals surface area (Å²) in [6.45, 7) is 0.449. The van der Waals surface area contributed by atoms with E-state index in [1.54, 1.807) is 29.2 Å². The molecular weight excluding hydrogens is 456 g/mol.